The van der Waals surface area contributed by atoms with Gasteiger partial charge in [0.1, 0.15) is 0 Å². The van der Waals surface area contributed by atoms with Gasteiger partial charge in [0, 0.05) is 6.20 Å². The first-order valence-electron chi connectivity index (χ1n) is 6.92. The highest BCUT2D eigenvalue weighted by Gasteiger charge is 2.19. The molecule has 1 aromatic rings. The van der Waals surface area contributed by atoms with E-state index in [4.69, 9.17) is 0 Å². The van der Waals surface area contributed by atoms with Gasteiger partial charge in [-0.15, -0.1) is 0 Å². The summed E-state index contributed by atoms with van der Waals surface area (Å²) in [5.41, 5.74) is 1.13. The first kappa shape index (κ1) is 12.6. The van der Waals surface area contributed by atoms with Crippen molar-refractivity contribution < 1.29 is 5.11 Å². The number of hydrogen-bond acceptors (Lipinski definition) is 2. The lowest BCUT2D eigenvalue weighted by atomic mass is 9.95. The minimum atomic E-state index is -0.239. The molecule has 1 aliphatic rings. The second-order valence-electron chi connectivity index (χ2n) is 5.34. The van der Waals surface area contributed by atoms with Crippen molar-refractivity contribution in [1.29, 1.82) is 0 Å². The first-order chi connectivity index (χ1) is 8.20. The maximum absolute atomic E-state index is 9.66. The average molecular weight is 236 g/mol. The van der Waals surface area contributed by atoms with Crippen molar-refractivity contribution in [3.8, 4) is 0 Å². The molecule has 3 nitrogen and oxygen atoms in total. The van der Waals surface area contributed by atoms with E-state index in [0.29, 0.717) is 12.0 Å². The van der Waals surface area contributed by atoms with Crippen LogP contribution in [0.25, 0.3) is 0 Å². The highest BCUT2D eigenvalue weighted by Crippen LogP contribution is 2.29. The predicted molar refractivity (Wildman–Crippen MR) is 68.9 cm³/mol. The number of nitrogens with zero attached hydrogens (tertiary/aromatic N) is 2. The quantitative estimate of drug-likeness (QED) is 0.853. The van der Waals surface area contributed by atoms with Gasteiger partial charge in [0.05, 0.1) is 17.8 Å². The third-order valence-corrected chi connectivity index (χ3v) is 4.04. The Bertz CT molecular complexity index is 340. The molecule has 0 radical (unpaired) electrons. The largest absolute Gasteiger partial charge is 0.393 e. The number of rotatable bonds is 5. The van der Waals surface area contributed by atoms with Gasteiger partial charge in [0.15, 0.2) is 0 Å². The van der Waals surface area contributed by atoms with Crippen LogP contribution in [0.4, 0.5) is 0 Å². The van der Waals surface area contributed by atoms with Crippen LogP contribution < -0.4 is 0 Å². The van der Waals surface area contributed by atoms with E-state index < -0.39 is 0 Å². The topological polar surface area (TPSA) is 38.0 Å². The van der Waals surface area contributed by atoms with Crippen LogP contribution in [0.2, 0.25) is 0 Å². The number of aliphatic hydroxyl groups is 1. The number of aliphatic hydroxyl groups excluding tert-OH is 1. The summed E-state index contributed by atoms with van der Waals surface area (Å²) in [5, 5.41) is 14.3. The molecule has 17 heavy (non-hydrogen) atoms. The summed E-state index contributed by atoms with van der Waals surface area (Å²) in [6, 6.07) is 2.74. The molecule has 0 saturated heterocycles. The standard InChI is InChI=1S/C14H24N2O/c1-3-12(11(2)17)10-13-8-9-16(15-13)14-6-4-5-7-14/h8-9,11-12,14,17H,3-7,10H2,1-2H3. The molecule has 96 valence electrons. The molecule has 1 aromatic heterocycles. The number of hydrogen-bond donors (Lipinski definition) is 1. The van der Waals surface area contributed by atoms with Crippen LogP contribution in [0.5, 0.6) is 0 Å². The Morgan fingerprint density at radius 2 is 2.18 bits per heavy atom. The van der Waals surface area contributed by atoms with Crippen molar-refractivity contribution >= 4 is 0 Å². The molecule has 0 spiro atoms. The Hall–Kier alpha value is -0.830. The third kappa shape index (κ3) is 3.09. The van der Waals surface area contributed by atoms with Crippen molar-refractivity contribution in [2.24, 2.45) is 5.92 Å². The average Bonchev–Trinajstić information content (AvgIpc) is 2.95. The van der Waals surface area contributed by atoms with E-state index in [1.807, 2.05) is 6.92 Å². The van der Waals surface area contributed by atoms with Crippen LogP contribution >= 0.6 is 0 Å². The zero-order chi connectivity index (χ0) is 12.3. The molecule has 3 heteroatoms. The molecule has 2 unspecified atom stereocenters. The van der Waals surface area contributed by atoms with Crippen molar-refractivity contribution in [2.45, 2.75) is 64.5 Å². The molecule has 0 aliphatic heterocycles. The molecule has 1 aliphatic carbocycles. The van der Waals surface area contributed by atoms with Crippen LogP contribution in [0.3, 0.4) is 0 Å². The molecule has 0 aromatic carbocycles. The van der Waals surface area contributed by atoms with Gasteiger partial charge in [-0.25, -0.2) is 0 Å². The summed E-state index contributed by atoms with van der Waals surface area (Å²) in [4.78, 5) is 0. The Morgan fingerprint density at radius 1 is 1.47 bits per heavy atom. The van der Waals surface area contributed by atoms with Crippen molar-refractivity contribution in [2.75, 3.05) is 0 Å². The molecule has 2 rings (SSSR count). The molecule has 1 N–H and O–H groups in total. The Morgan fingerprint density at radius 3 is 2.76 bits per heavy atom. The van der Waals surface area contributed by atoms with E-state index in [0.717, 1.165) is 18.5 Å². The summed E-state index contributed by atoms with van der Waals surface area (Å²) in [5.74, 6) is 0.335. The lowest BCUT2D eigenvalue weighted by Crippen LogP contribution is -2.18. The van der Waals surface area contributed by atoms with Gasteiger partial charge >= 0.3 is 0 Å². The summed E-state index contributed by atoms with van der Waals surface area (Å²) < 4.78 is 2.14. The van der Waals surface area contributed by atoms with Crippen LogP contribution in [0.15, 0.2) is 12.3 Å². The van der Waals surface area contributed by atoms with Gasteiger partial charge in [-0.1, -0.05) is 26.2 Å². The Balaban J connectivity index is 1.97. The van der Waals surface area contributed by atoms with Gasteiger partial charge in [0.25, 0.3) is 0 Å². The van der Waals surface area contributed by atoms with Gasteiger partial charge in [0.2, 0.25) is 0 Å². The first-order valence-corrected chi connectivity index (χ1v) is 6.92. The maximum Gasteiger partial charge on any atom is 0.0628 e. The SMILES string of the molecule is CCC(Cc1ccn(C2CCCC2)n1)C(C)O. The van der Waals surface area contributed by atoms with Crippen molar-refractivity contribution in [1.82, 2.24) is 9.78 Å². The highest BCUT2D eigenvalue weighted by molar-refractivity contribution is 5.02. The Kier molecular flexibility index (Phi) is 4.21. The fourth-order valence-electron chi connectivity index (χ4n) is 2.78. The van der Waals surface area contributed by atoms with Gasteiger partial charge in [-0.3, -0.25) is 4.68 Å². The van der Waals surface area contributed by atoms with Gasteiger partial charge in [-0.05, 0) is 38.2 Å². The molecular weight excluding hydrogens is 212 g/mol. The minimum absolute atomic E-state index is 0.239. The summed E-state index contributed by atoms with van der Waals surface area (Å²) in [6.07, 6.45) is 9.00. The fourth-order valence-corrected chi connectivity index (χ4v) is 2.78. The van der Waals surface area contributed by atoms with Gasteiger partial charge in [-0.2, -0.15) is 5.10 Å². The van der Waals surface area contributed by atoms with Crippen molar-refractivity contribution in [3.05, 3.63) is 18.0 Å². The molecule has 0 amide bonds. The molecule has 2 atom stereocenters. The minimum Gasteiger partial charge on any atom is -0.393 e. The lowest BCUT2D eigenvalue weighted by Gasteiger charge is -2.16. The second-order valence-corrected chi connectivity index (χ2v) is 5.34. The Labute approximate surface area is 104 Å². The van der Waals surface area contributed by atoms with E-state index in [1.54, 1.807) is 0 Å². The summed E-state index contributed by atoms with van der Waals surface area (Å²) >= 11 is 0. The third-order valence-electron chi connectivity index (χ3n) is 4.04. The number of aromatic nitrogens is 2. The summed E-state index contributed by atoms with van der Waals surface area (Å²) in [7, 11) is 0. The zero-order valence-corrected chi connectivity index (χ0v) is 11.0. The summed E-state index contributed by atoms with van der Waals surface area (Å²) in [6.45, 7) is 4.01. The predicted octanol–water partition coefficient (Wildman–Crippen LogP) is 2.95. The monoisotopic (exact) mass is 236 g/mol. The lowest BCUT2D eigenvalue weighted by molar-refractivity contribution is 0.122. The van der Waals surface area contributed by atoms with Crippen molar-refractivity contribution in [3.63, 3.8) is 0 Å². The van der Waals surface area contributed by atoms with Crippen LogP contribution in [-0.2, 0) is 6.42 Å². The van der Waals surface area contributed by atoms with E-state index in [1.165, 1.54) is 25.7 Å². The van der Waals surface area contributed by atoms with Crippen LogP contribution in [-0.4, -0.2) is 21.0 Å². The normalized spacial score (nSPS) is 20.6. The van der Waals surface area contributed by atoms with E-state index in [-0.39, 0.29) is 6.10 Å². The fraction of sp³-hybridized carbons (Fsp3) is 0.786. The molecule has 1 saturated carbocycles. The van der Waals surface area contributed by atoms with Gasteiger partial charge < -0.3 is 5.11 Å². The molecule has 0 bridgehead atoms. The second kappa shape index (κ2) is 5.67. The zero-order valence-electron chi connectivity index (χ0n) is 11.0. The van der Waals surface area contributed by atoms with Crippen LogP contribution in [0.1, 0.15) is 57.7 Å². The van der Waals surface area contributed by atoms with E-state index in [9.17, 15) is 5.11 Å². The van der Waals surface area contributed by atoms with Crippen LogP contribution in [0, 0.1) is 5.92 Å². The van der Waals surface area contributed by atoms with E-state index in [2.05, 4.69) is 29.0 Å². The smallest absolute Gasteiger partial charge is 0.0628 e. The molecule has 1 fully saturated rings. The van der Waals surface area contributed by atoms with E-state index >= 15 is 0 Å². The molecule has 1 heterocycles. The highest BCUT2D eigenvalue weighted by atomic mass is 16.3. The molecular formula is C14H24N2O. The maximum atomic E-state index is 9.66.